The fourth-order valence-electron chi connectivity index (χ4n) is 3.72. The Hall–Kier alpha value is -4.03. The molecule has 37 heavy (non-hydrogen) atoms. The minimum atomic E-state index is -5.08. The van der Waals surface area contributed by atoms with E-state index in [1.807, 2.05) is 13.0 Å². The van der Waals surface area contributed by atoms with Crippen molar-refractivity contribution in [1.82, 2.24) is 19.9 Å². The summed E-state index contributed by atoms with van der Waals surface area (Å²) in [6.45, 7) is 4.03. The van der Waals surface area contributed by atoms with Crippen LogP contribution in [0.5, 0.6) is 0 Å². The third-order valence-corrected chi connectivity index (χ3v) is 5.83. The number of carbonyl (C=O) groups is 2. The summed E-state index contributed by atoms with van der Waals surface area (Å²) in [7, 11) is 0. The third kappa shape index (κ3) is 6.40. The number of piperazine rings is 1. The Labute approximate surface area is 209 Å². The number of halogens is 4. The molecule has 2 aromatic heterocycles. The van der Waals surface area contributed by atoms with Gasteiger partial charge < -0.3 is 20.2 Å². The molecule has 2 fully saturated rings. The number of rotatable bonds is 4. The number of hydrogen-bond acceptors (Lipinski definition) is 7. The molecule has 1 aliphatic heterocycles. The molecular weight excluding hydrogens is 496 g/mol. The fraction of sp³-hybridized carbons (Fsp3) is 0.375. The quantitative estimate of drug-likeness (QED) is 0.502. The summed E-state index contributed by atoms with van der Waals surface area (Å²) in [5.74, 6) is -1.92. The maximum atomic E-state index is 14.2. The average Bonchev–Trinajstić information content (AvgIpc) is 3.67. The van der Waals surface area contributed by atoms with Gasteiger partial charge in [-0.2, -0.15) is 13.2 Å². The maximum absolute atomic E-state index is 14.2. The number of carboxylic acid groups (broad SMARTS) is 1. The first-order valence-electron chi connectivity index (χ1n) is 11.5. The topological polar surface area (TPSA) is 112 Å². The van der Waals surface area contributed by atoms with Gasteiger partial charge in [0.2, 0.25) is 0 Å². The van der Waals surface area contributed by atoms with Crippen LogP contribution in [0.4, 0.5) is 29.2 Å². The molecule has 9 nitrogen and oxygen atoms in total. The summed E-state index contributed by atoms with van der Waals surface area (Å²) in [5, 5.41) is 10.6. The zero-order chi connectivity index (χ0) is 26.7. The molecule has 1 saturated heterocycles. The lowest BCUT2D eigenvalue weighted by molar-refractivity contribution is -0.192. The molecule has 1 aromatic carbocycles. The Morgan fingerprint density at radius 3 is 2.32 bits per heavy atom. The number of benzene rings is 1. The van der Waals surface area contributed by atoms with Crippen molar-refractivity contribution in [3.8, 4) is 0 Å². The normalized spacial score (nSPS) is 15.7. The van der Waals surface area contributed by atoms with Crippen molar-refractivity contribution in [3.05, 3.63) is 53.6 Å². The van der Waals surface area contributed by atoms with Gasteiger partial charge in [0, 0.05) is 38.4 Å². The molecule has 196 valence electrons. The van der Waals surface area contributed by atoms with Crippen molar-refractivity contribution >= 4 is 34.5 Å². The van der Waals surface area contributed by atoms with Crippen LogP contribution in [0.1, 0.15) is 28.8 Å². The van der Waals surface area contributed by atoms with Crippen LogP contribution < -0.4 is 10.2 Å². The summed E-state index contributed by atoms with van der Waals surface area (Å²) in [4.78, 5) is 39.3. The number of alkyl halides is 3. The molecule has 2 N–H and O–H groups in total. The number of amides is 1. The fourth-order valence-corrected chi connectivity index (χ4v) is 3.72. The summed E-state index contributed by atoms with van der Waals surface area (Å²) in [6, 6.07) is 7.04. The van der Waals surface area contributed by atoms with Gasteiger partial charge in [0.1, 0.15) is 11.3 Å². The predicted octanol–water partition coefficient (Wildman–Crippen LogP) is 3.64. The highest BCUT2D eigenvalue weighted by atomic mass is 19.4. The standard InChI is InChI=1S/C22H23FN6O.C2HF3O2/c1-14-2-5-16(17(23)12-14)22(30)29-10-8-28(9-11-29)21-20(25-15-3-4-15)26-18-6-7-24-13-19(18)27-21;3-2(4,5)1(6)7/h2,5-7,12-13,15H,3-4,8-11H2,1H3,(H,25,26);(H,6,7). The molecule has 2 aliphatic rings. The van der Waals surface area contributed by atoms with Crippen molar-refractivity contribution in [3.63, 3.8) is 0 Å². The van der Waals surface area contributed by atoms with Gasteiger partial charge in [0.25, 0.3) is 5.91 Å². The Kier molecular flexibility index (Phi) is 7.41. The monoisotopic (exact) mass is 520 g/mol. The maximum Gasteiger partial charge on any atom is 0.490 e. The Balaban J connectivity index is 0.000000405. The van der Waals surface area contributed by atoms with Gasteiger partial charge in [-0.3, -0.25) is 9.78 Å². The van der Waals surface area contributed by atoms with Gasteiger partial charge >= 0.3 is 12.1 Å². The molecule has 0 unspecified atom stereocenters. The molecule has 3 aromatic rings. The number of carboxylic acids is 1. The van der Waals surface area contributed by atoms with Crippen LogP contribution in [-0.4, -0.2) is 75.2 Å². The molecule has 13 heteroatoms. The van der Waals surface area contributed by atoms with Crippen molar-refractivity contribution < 1.29 is 32.3 Å². The van der Waals surface area contributed by atoms with Crippen LogP contribution in [0.25, 0.3) is 11.0 Å². The molecule has 5 rings (SSSR count). The van der Waals surface area contributed by atoms with Crippen molar-refractivity contribution in [1.29, 1.82) is 0 Å². The van der Waals surface area contributed by atoms with Gasteiger partial charge in [-0.25, -0.2) is 19.2 Å². The Bertz CT molecular complexity index is 1310. The van der Waals surface area contributed by atoms with Crippen LogP contribution in [0.15, 0.2) is 36.7 Å². The van der Waals surface area contributed by atoms with E-state index in [1.54, 1.807) is 29.4 Å². The van der Waals surface area contributed by atoms with E-state index in [-0.39, 0.29) is 11.5 Å². The largest absolute Gasteiger partial charge is 0.490 e. The van der Waals surface area contributed by atoms with Crippen molar-refractivity contribution in [2.45, 2.75) is 32.0 Å². The average molecular weight is 520 g/mol. The first kappa shape index (κ1) is 26.0. The lowest BCUT2D eigenvalue weighted by Gasteiger charge is -2.36. The Morgan fingerprint density at radius 2 is 1.73 bits per heavy atom. The SMILES string of the molecule is Cc1ccc(C(=O)N2CCN(c3nc4cnccc4nc3NC3CC3)CC2)c(F)c1.O=C(O)C(F)(F)F. The molecule has 0 bridgehead atoms. The molecule has 0 spiro atoms. The zero-order valence-corrected chi connectivity index (χ0v) is 19.8. The highest BCUT2D eigenvalue weighted by Crippen LogP contribution is 2.31. The summed E-state index contributed by atoms with van der Waals surface area (Å²) >= 11 is 0. The Morgan fingerprint density at radius 1 is 1.05 bits per heavy atom. The van der Waals surface area contributed by atoms with Crippen molar-refractivity contribution in [2.24, 2.45) is 0 Å². The zero-order valence-electron chi connectivity index (χ0n) is 19.8. The van der Waals surface area contributed by atoms with Crippen LogP contribution in [0, 0.1) is 12.7 Å². The third-order valence-electron chi connectivity index (χ3n) is 5.83. The number of nitrogens with zero attached hydrogens (tertiary/aromatic N) is 5. The van der Waals surface area contributed by atoms with Gasteiger partial charge in [0.15, 0.2) is 11.6 Å². The van der Waals surface area contributed by atoms with E-state index >= 15 is 0 Å². The van der Waals surface area contributed by atoms with E-state index in [0.717, 1.165) is 41.1 Å². The van der Waals surface area contributed by atoms with E-state index in [9.17, 15) is 22.4 Å². The van der Waals surface area contributed by atoms with Gasteiger partial charge in [-0.15, -0.1) is 0 Å². The number of pyridine rings is 1. The molecule has 3 heterocycles. The van der Waals surface area contributed by atoms with Gasteiger partial charge in [-0.1, -0.05) is 6.07 Å². The lowest BCUT2D eigenvalue weighted by atomic mass is 10.1. The number of anilines is 2. The number of aromatic nitrogens is 3. The summed E-state index contributed by atoms with van der Waals surface area (Å²) < 4.78 is 46.0. The second kappa shape index (κ2) is 10.5. The number of nitrogens with one attached hydrogen (secondary N) is 1. The first-order valence-corrected chi connectivity index (χ1v) is 11.5. The van der Waals surface area contributed by atoms with Gasteiger partial charge in [-0.05, 0) is 43.5 Å². The summed E-state index contributed by atoms with van der Waals surface area (Å²) in [6.07, 6.45) is 0.624. The number of fused-ring (bicyclic) bond motifs is 1. The van der Waals surface area contributed by atoms with E-state index in [1.165, 1.54) is 6.07 Å². The molecule has 1 aliphatic carbocycles. The number of aryl methyl sites for hydroxylation is 1. The molecule has 1 saturated carbocycles. The van der Waals surface area contributed by atoms with Crippen LogP contribution in [0.2, 0.25) is 0 Å². The van der Waals surface area contributed by atoms with E-state index in [2.05, 4.69) is 15.2 Å². The van der Waals surface area contributed by atoms with Crippen LogP contribution in [-0.2, 0) is 4.79 Å². The van der Waals surface area contributed by atoms with E-state index in [0.29, 0.717) is 32.2 Å². The second-order valence-electron chi connectivity index (χ2n) is 8.74. The van der Waals surface area contributed by atoms with Crippen LogP contribution >= 0.6 is 0 Å². The molecule has 0 radical (unpaired) electrons. The predicted molar refractivity (Wildman–Crippen MR) is 127 cm³/mol. The highest BCUT2D eigenvalue weighted by molar-refractivity contribution is 5.94. The highest BCUT2D eigenvalue weighted by Gasteiger charge is 2.38. The minimum absolute atomic E-state index is 0.127. The minimum Gasteiger partial charge on any atom is -0.475 e. The smallest absolute Gasteiger partial charge is 0.475 e. The molecule has 0 atom stereocenters. The number of aliphatic carboxylic acids is 1. The molecule has 1 amide bonds. The van der Waals surface area contributed by atoms with Crippen molar-refractivity contribution in [2.75, 3.05) is 36.4 Å². The summed E-state index contributed by atoms with van der Waals surface area (Å²) in [5.41, 5.74) is 2.48. The number of hydrogen-bond donors (Lipinski definition) is 2. The lowest BCUT2D eigenvalue weighted by Crippen LogP contribution is -2.49. The van der Waals surface area contributed by atoms with E-state index in [4.69, 9.17) is 19.9 Å². The first-order chi connectivity index (χ1) is 17.5. The molecular formula is C24H24F4N6O3. The number of carbonyl (C=O) groups excluding carboxylic acids is 1. The van der Waals surface area contributed by atoms with Crippen LogP contribution in [0.3, 0.4) is 0 Å². The van der Waals surface area contributed by atoms with Gasteiger partial charge in [0.05, 0.1) is 17.3 Å². The second-order valence-corrected chi connectivity index (χ2v) is 8.74. The van der Waals surface area contributed by atoms with E-state index < -0.39 is 18.0 Å².